The topological polar surface area (TPSA) is 212 Å². The molecule has 0 aliphatic carbocycles. The zero-order valence-electron chi connectivity index (χ0n) is 29.5. The number of nitrogens with one attached hydrogen (secondary N) is 5. The molecule has 274 valence electrons. The molecule has 48 heavy (non-hydrogen) atoms. The number of hydrogen-bond acceptors (Lipinski definition) is 9. The van der Waals surface area contributed by atoms with Crippen molar-refractivity contribution in [1.82, 2.24) is 26.6 Å². The predicted molar refractivity (Wildman–Crippen MR) is 180 cm³/mol. The number of aliphatic hydroxyl groups is 2. The number of ether oxygens (including phenoxy) is 1. The number of carbonyl (C=O) groups excluding carboxylic acids is 6. The van der Waals surface area contributed by atoms with Crippen LogP contribution in [0.25, 0.3) is 0 Å². The van der Waals surface area contributed by atoms with E-state index in [1.54, 1.807) is 20.8 Å². The minimum atomic E-state index is -1.58. The van der Waals surface area contributed by atoms with Crippen molar-refractivity contribution in [1.29, 1.82) is 0 Å². The minimum absolute atomic E-state index is 0.0740. The summed E-state index contributed by atoms with van der Waals surface area (Å²) in [6.45, 7) is 8.73. The molecular weight excluding hydrogens is 622 g/mol. The van der Waals surface area contributed by atoms with Gasteiger partial charge in [0.05, 0.1) is 13.2 Å². The molecule has 7 N–H and O–H groups in total. The van der Waals surface area contributed by atoms with Crippen LogP contribution in [0.1, 0.15) is 106 Å². The van der Waals surface area contributed by atoms with Crippen LogP contribution < -0.4 is 26.6 Å². The van der Waals surface area contributed by atoms with E-state index < -0.39 is 96.9 Å². The predicted octanol–water partition coefficient (Wildman–Crippen LogP) is 1.13. The summed E-state index contributed by atoms with van der Waals surface area (Å²) in [5, 5.41) is 32.2. The lowest BCUT2D eigenvalue weighted by Crippen LogP contribution is -2.63. The molecule has 5 amide bonds. The van der Waals surface area contributed by atoms with E-state index in [1.165, 1.54) is 32.6 Å². The van der Waals surface area contributed by atoms with Gasteiger partial charge in [0.1, 0.15) is 36.3 Å². The highest BCUT2D eigenvalue weighted by atomic mass is 16.5. The first-order valence-electron chi connectivity index (χ1n) is 17.4. The van der Waals surface area contributed by atoms with Gasteiger partial charge in [-0.3, -0.25) is 24.0 Å². The Labute approximate surface area is 285 Å². The number of allylic oxidation sites excluding steroid dienone is 2. The molecule has 0 saturated carbocycles. The average Bonchev–Trinajstić information content (AvgIpc) is 3.05. The second-order valence-electron chi connectivity index (χ2n) is 12.8. The molecule has 1 aliphatic rings. The van der Waals surface area contributed by atoms with Crippen LogP contribution >= 0.6 is 0 Å². The molecule has 1 aliphatic heterocycles. The van der Waals surface area contributed by atoms with Crippen molar-refractivity contribution in [2.24, 2.45) is 11.8 Å². The third-order valence-corrected chi connectivity index (χ3v) is 8.43. The van der Waals surface area contributed by atoms with Gasteiger partial charge in [-0.05, 0) is 44.4 Å². The van der Waals surface area contributed by atoms with Gasteiger partial charge in [0.25, 0.3) is 0 Å². The van der Waals surface area contributed by atoms with Crippen molar-refractivity contribution < 1.29 is 43.7 Å². The van der Waals surface area contributed by atoms with Crippen LogP contribution in [0.4, 0.5) is 0 Å². The van der Waals surface area contributed by atoms with Gasteiger partial charge in [-0.25, -0.2) is 4.79 Å². The van der Waals surface area contributed by atoms with E-state index in [9.17, 15) is 39.0 Å². The maximum atomic E-state index is 13.5. The number of rotatable bonds is 16. The van der Waals surface area contributed by atoms with Gasteiger partial charge < -0.3 is 41.5 Å². The smallest absolute Gasteiger partial charge is 0.329 e. The fraction of sp³-hybridized carbons (Fsp3) is 0.765. The molecule has 1 unspecified atom stereocenters. The van der Waals surface area contributed by atoms with Gasteiger partial charge in [0, 0.05) is 6.42 Å². The van der Waals surface area contributed by atoms with Crippen LogP contribution in [0, 0.1) is 11.8 Å². The molecule has 0 aromatic carbocycles. The SMILES string of the molecule is CCCCCCC/C=C\CCCC(=O)N[C@@H]1C(=O)N[C@H](CO)C(=O)N[C@@H](CO)C(=O)N[C@H](C(C)C)C(=O)NC([C@@H](C)CC)C(=O)O[C@@H]1C. The summed E-state index contributed by atoms with van der Waals surface area (Å²) < 4.78 is 5.65. The minimum Gasteiger partial charge on any atom is -0.458 e. The van der Waals surface area contributed by atoms with Gasteiger partial charge in [0.2, 0.25) is 29.5 Å². The van der Waals surface area contributed by atoms with Crippen LogP contribution in [0.2, 0.25) is 0 Å². The summed E-state index contributed by atoms with van der Waals surface area (Å²) in [4.78, 5) is 79.2. The van der Waals surface area contributed by atoms with Crippen LogP contribution in [0.15, 0.2) is 12.2 Å². The Morgan fingerprint density at radius 1 is 0.771 bits per heavy atom. The maximum Gasteiger partial charge on any atom is 0.329 e. The van der Waals surface area contributed by atoms with E-state index in [2.05, 4.69) is 39.6 Å². The summed E-state index contributed by atoms with van der Waals surface area (Å²) in [7, 11) is 0. The molecule has 1 rings (SSSR count). The molecule has 0 aromatic rings. The summed E-state index contributed by atoms with van der Waals surface area (Å²) in [5.41, 5.74) is 0. The monoisotopic (exact) mass is 681 g/mol. The lowest BCUT2D eigenvalue weighted by atomic mass is 9.97. The van der Waals surface area contributed by atoms with Crippen molar-refractivity contribution >= 4 is 35.5 Å². The lowest BCUT2D eigenvalue weighted by molar-refractivity contribution is -0.157. The summed E-state index contributed by atoms with van der Waals surface area (Å²) in [5.74, 6) is -5.72. The van der Waals surface area contributed by atoms with Gasteiger partial charge in [-0.2, -0.15) is 0 Å². The molecule has 14 nitrogen and oxygen atoms in total. The Morgan fingerprint density at radius 3 is 1.88 bits per heavy atom. The van der Waals surface area contributed by atoms with Gasteiger partial charge in [-0.1, -0.05) is 78.9 Å². The van der Waals surface area contributed by atoms with Crippen molar-refractivity contribution in [3.63, 3.8) is 0 Å². The Balaban J connectivity index is 3.24. The largest absolute Gasteiger partial charge is 0.458 e. The quantitative estimate of drug-likeness (QED) is 0.0706. The van der Waals surface area contributed by atoms with E-state index in [-0.39, 0.29) is 6.42 Å². The second kappa shape index (κ2) is 22.9. The third-order valence-electron chi connectivity index (χ3n) is 8.43. The maximum absolute atomic E-state index is 13.5. The summed E-state index contributed by atoms with van der Waals surface area (Å²) >= 11 is 0. The van der Waals surface area contributed by atoms with Crippen LogP contribution in [-0.2, 0) is 33.5 Å². The fourth-order valence-corrected chi connectivity index (χ4v) is 5.07. The van der Waals surface area contributed by atoms with Crippen LogP contribution in [0.5, 0.6) is 0 Å². The number of esters is 1. The summed E-state index contributed by atoms with van der Waals surface area (Å²) in [6.07, 6.45) is 11.5. The zero-order valence-corrected chi connectivity index (χ0v) is 29.5. The number of cyclic esters (lactones) is 1. The van der Waals surface area contributed by atoms with E-state index in [0.29, 0.717) is 19.3 Å². The Kier molecular flexibility index (Phi) is 20.3. The first kappa shape index (κ1) is 42.5. The Hall–Kier alpha value is -3.52. The number of hydrogen-bond donors (Lipinski definition) is 7. The van der Waals surface area contributed by atoms with E-state index >= 15 is 0 Å². The molecule has 0 spiro atoms. The Morgan fingerprint density at radius 2 is 1.31 bits per heavy atom. The van der Waals surface area contributed by atoms with Crippen LogP contribution in [0.3, 0.4) is 0 Å². The molecule has 1 saturated heterocycles. The normalized spacial score (nSPS) is 25.6. The van der Waals surface area contributed by atoms with Crippen LogP contribution in [-0.4, -0.2) is 95.2 Å². The molecular formula is C34H59N5O9. The van der Waals surface area contributed by atoms with E-state index in [1.807, 2.05) is 13.0 Å². The number of amides is 5. The molecule has 14 heteroatoms. The number of carbonyl (C=O) groups is 6. The van der Waals surface area contributed by atoms with Gasteiger partial charge in [-0.15, -0.1) is 0 Å². The lowest BCUT2D eigenvalue weighted by Gasteiger charge is -2.31. The molecule has 0 radical (unpaired) electrons. The first-order chi connectivity index (χ1) is 22.8. The molecule has 1 fully saturated rings. The van der Waals surface area contributed by atoms with Crippen molar-refractivity contribution in [3.8, 4) is 0 Å². The second-order valence-corrected chi connectivity index (χ2v) is 12.8. The standard InChI is InChI=1S/C34H59N5O9/c1-7-9-10-11-12-13-14-15-16-17-18-26(42)37-29-23(6)48-34(47)28(22(5)8-2)39-32(45)27(21(3)4)38-31(44)25(20-41)35-30(43)24(19-40)36-33(29)46/h14-15,21-25,27-29,40-41H,7-13,16-20H2,1-6H3,(H,35,43)(H,36,46)(H,37,42)(H,38,44)(H,39,45)/b15-14-/t22-,23+,24+,25-,27+,28?,29-/m0/s1. The Bertz CT molecular complexity index is 1080. The number of unbranched alkanes of at least 4 members (excludes halogenated alkanes) is 6. The van der Waals surface area contributed by atoms with E-state index in [0.717, 1.165) is 12.8 Å². The third kappa shape index (κ3) is 14.7. The van der Waals surface area contributed by atoms with E-state index in [4.69, 9.17) is 4.74 Å². The van der Waals surface area contributed by atoms with Crippen molar-refractivity contribution in [3.05, 3.63) is 12.2 Å². The highest BCUT2D eigenvalue weighted by Gasteiger charge is 2.38. The summed E-state index contributed by atoms with van der Waals surface area (Å²) in [6, 6.07) is -6.88. The van der Waals surface area contributed by atoms with Crippen molar-refractivity contribution in [2.75, 3.05) is 13.2 Å². The highest BCUT2D eigenvalue weighted by molar-refractivity contribution is 5.96. The molecule has 1 heterocycles. The zero-order chi connectivity index (χ0) is 36.2. The molecule has 0 bridgehead atoms. The van der Waals surface area contributed by atoms with Gasteiger partial charge in [0.15, 0.2) is 0 Å². The first-order valence-corrected chi connectivity index (χ1v) is 17.4. The molecule has 7 atom stereocenters. The number of aliphatic hydroxyl groups excluding tert-OH is 2. The van der Waals surface area contributed by atoms with Gasteiger partial charge >= 0.3 is 5.97 Å². The molecule has 0 aromatic heterocycles. The van der Waals surface area contributed by atoms with Crippen molar-refractivity contribution in [2.45, 2.75) is 142 Å². The highest BCUT2D eigenvalue weighted by Crippen LogP contribution is 2.15. The fourth-order valence-electron chi connectivity index (χ4n) is 5.07. The average molecular weight is 682 g/mol.